The van der Waals surface area contributed by atoms with Crippen LogP contribution in [-0.2, 0) is 19.1 Å². The predicted molar refractivity (Wildman–Crippen MR) is 70.1 cm³/mol. The van der Waals surface area contributed by atoms with E-state index in [4.69, 9.17) is 9.47 Å². The highest BCUT2D eigenvalue weighted by Crippen LogP contribution is 2.05. The van der Waals surface area contributed by atoms with Gasteiger partial charge in [0.15, 0.2) is 0 Å². The van der Waals surface area contributed by atoms with Gasteiger partial charge in [0, 0.05) is 0 Å². The number of rotatable bonds is 9. The fourth-order valence-corrected chi connectivity index (χ4v) is 1.61. The second-order valence-electron chi connectivity index (χ2n) is 4.69. The Hall–Kier alpha value is -1.06. The third-order valence-electron chi connectivity index (χ3n) is 2.68. The number of hydrogen-bond acceptors (Lipinski definition) is 4. The summed E-state index contributed by atoms with van der Waals surface area (Å²) in [5, 5.41) is 0. The molecule has 0 aromatic carbocycles. The summed E-state index contributed by atoms with van der Waals surface area (Å²) in [7, 11) is 0. The van der Waals surface area contributed by atoms with Gasteiger partial charge in [0.25, 0.3) is 0 Å². The fraction of sp³-hybridized carbons (Fsp3) is 0.857. The molecule has 4 nitrogen and oxygen atoms in total. The number of esters is 2. The standard InChI is InChI=1S/C14H26O4/c1-4-6-7-8-10-17-13(15)14(16)18-11-12(3)9-5-2/h12H,4-11H2,1-3H3. The van der Waals surface area contributed by atoms with Gasteiger partial charge in [0.05, 0.1) is 13.2 Å². The molecule has 18 heavy (non-hydrogen) atoms. The summed E-state index contributed by atoms with van der Waals surface area (Å²) in [5.74, 6) is -1.44. The van der Waals surface area contributed by atoms with Crippen LogP contribution in [0.15, 0.2) is 0 Å². The molecule has 0 aliphatic carbocycles. The summed E-state index contributed by atoms with van der Waals surface area (Å²) in [5.41, 5.74) is 0. The Bertz CT molecular complexity index is 238. The van der Waals surface area contributed by atoms with Crippen molar-refractivity contribution in [2.24, 2.45) is 5.92 Å². The van der Waals surface area contributed by atoms with Crippen molar-refractivity contribution in [3.63, 3.8) is 0 Å². The molecule has 0 N–H and O–H groups in total. The van der Waals surface area contributed by atoms with E-state index in [-0.39, 0.29) is 12.5 Å². The molecule has 0 saturated heterocycles. The van der Waals surface area contributed by atoms with Crippen LogP contribution in [0.4, 0.5) is 0 Å². The van der Waals surface area contributed by atoms with Gasteiger partial charge in [-0.05, 0) is 18.8 Å². The van der Waals surface area contributed by atoms with Crippen LogP contribution in [0.3, 0.4) is 0 Å². The SMILES string of the molecule is CCCCCCOC(=O)C(=O)OCC(C)CCC. The minimum absolute atomic E-state index is 0.288. The van der Waals surface area contributed by atoms with E-state index >= 15 is 0 Å². The lowest BCUT2D eigenvalue weighted by Crippen LogP contribution is -2.23. The molecule has 0 aliphatic rings. The quantitative estimate of drug-likeness (QED) is 0.362. The Kier molecular flexibility index (Phi) is 10.4. The molecule has 4 heteroatoms. The van der Waals surface area contributed by atoms with E-state index < -0.39 is 11.9 Å². The number of unbranched alkanes of at least 4 members (excludes halogenated alkanes) is 3. The maximum absolute atomic E-state index is 11.3. The molecule has 106 valence electrons. The van der Waals surface area contributed by atoms with Gasteiger partial charge in [-0.2, -0.15) is 0 Å². The molecule has 0 amide bonds. The third-order valence-corrected chi connectivity index (χ3v) is 2.68. The molecule has 1 atom stereocenters. The van der Waals surface area contributed by atoms with E-state index in [0.29, 0.717) is 6.61 Å². The van der Waals surface area contributed by atoms with Crippen molar-refractivity contribution in [2.45, 2.75) is 59.3 Å². The van der Waals surface area contributed by atoms with Crippen molar-refractivity contribution < 1.29 is 19.1 Å². The summed E-state index contributed by atoms with van der Waals surface area (Å²) >= 11 is 0. The van der Waals surface area contributed by atoms with E-state index in [1.807, 2.05) is 6.92 Å². The largest absolute Gasteiger partial charge is 0.457 e. The van der Waals surface area contributed by atoms with Crippen molar-refractivity contribution in [3.05, 3.63) is 0 Å². The van der Waals surface area contributed by atoms with Crippen LogP contribution < -0.4 is 0 Å². The van der Waals surface area contributed by atoms with Gasteiger partial charge >= 0.3 is 11.9 Å². The van der Waals surface area contributed by atoms with Gasteiger partial charge in [0.2, 0.25) is 0 Å². The first-order valence-corrected chi connectivity index (χ1v) is 6.95. The molecule has 0 radical (unpaired) electrons. The van der Waals surface area contributed by atoms with E-state index in [9.17, 15) is 9.59 Å². The van der Waals surface area contributed by atoms with Gasteiger partial charge < -0.3 is 9.47 Å². The van der Waals surface area contributed by atoms with E-state index in [0.717, 1.165) is 38.5 Å². The molecule has 0 saturated carbocycles. The number of hydrogen-bond donors (Lipinski definition) is 0. The zero-order valence-electron chi connectivity index (χ0n) is 11.9. The van der Waals surface area contributed by atoms with Crippen LogP contribution in [0, 0.1) is 5.92 Å². The van der Waals surface area contributed by atoms with Gasteiger partial charge in [-0.1, -0.05) is 46.5 Å². The van der Waals surface area contributed by atoms with Gasteiger partial charge in [-0.15, -0.1) is 0 Å². The summed E-state index contributed by atoms with van der Waals surface area (Å²) in [6.07, 6.45) is 6.10. The lowest BCUT2D eigenvalue weighted by atomic mass is 10.1. The van der Waals surface area contributed by atoms with Crippen molar-refractivity contribution in [1.82, 2.24) is 0 Å². The highest BCUT2D eigenvalue weighted by molar-refractivity contribution is 6.29. The highest BCUT2D eigenvalue weighted by Gasteiger charge is 2.17. The van der Waals surface area contributed by atoms with Gasteiger partial charge in [-0.3, -0.25) is 0 Å². The van der Waals surface area contributed by atoms with E-state index in [1.54, 1.807) is 0 Å². The average Bonchev–Trinajstić information content (AvgIpc) is 2.35. The first kappa shape index (κ1) is 16.9. The predicted octanol–water partition coefficient (Wildman–Crippen LogP) is 3.09. The number of ether oxygens (including phenoxy) is 2. The Morgan fingerprint density at radius 2 is 1.61 bits per heavy atom. The van der Waals surface area contributed by atoms with Crippen molar-refractivity contribution in [2.75, 3.05) is 13.2 Å². The molecular weight excluding hydrogens is 232 g/mol. The van der Waals surface area contributed by atoms with E-state index in [2.05, 4.69) is 13.8 Å². The number of carbonyl (C=O) groups excluding carboxylic acids is 2. The van der Waals surface area contributed by atoms with Crippen LogP contribution in [-0.4, -0.2) is 25.2 Å². The molecule has 0 aliphatic heterocycles. The number of carbonyl (C=O) groups is 2. The Morgan fingerprint density at radius 1 is 0.944 bits per heavy atom. The average molecular weight is 258 g/mol. The van der Waals surface area contributed by atoms with Crippen LogP contribution in [0.5, 0.6) is 0 Å². The smallest absolute Gasteiger partial charge is 0.417 e. The Morgan fingerprint density at radius 3 is 2.22 bits per heavy atom. The van der Waals surface area contributed by atoms with Crippen molar-refractivity contribution in [3.8, 4) is 0 Å². The maximum Gasteiger partial charge on any atom is 0.417 e. The minimum Gasteiger partial charge on any atom is -0.457 e. The minimum atomic E-state index is -0.867. The normalized spacial score (nSPS) is 11.9. The van der Waals surface area contributed by atoms with Crippen LogP contribution in [0.25, 0.3) is 0 Å². The van der Waals surface area contributed by atoms with Gasteiger partial charge in [0.1, 0.15) is 0 Å². The second kappa shape index (κ2) is 11.1. The van der Waals surface area contributed by atoms with Crippen LogP contribution in [0.2, 0.25) is 0 Å². The summed E-state index contributed by atoms with van der Waals surface area (Å²) in [6.45, 7) is 6.77. The molecule has 0 bridgehead atoms. The zero-order chi connectivity index (χ0) is 13.8. The lowest BCUT2D eigenvalue weighted by Gasteiger charge is -2.10. The highest BCUT2D eigenvalue weighted by atomic mass is 16.6. The molecular formula is C14H26O4. The molecule has 0 fully saturated rings. The first-order chi connectivity index (χ1) is 8.61. The zero-order valence-corrected chi connectivity index (χ0v) is 11.9. The van der Waals surface area contributed by atoms with Crippen molar-refractivity contribution in [1.29, 1.82) is 0 Å². The topological polar surface area (TPSA) is 52.6 Å². The molecule has 0 heterocycles. The fourth-order valence-electron chi connectivity index (χ4n) is 1.61. The van der Waals surface area contributed by atoms with Crippen molar-refractivity contribution >= 4 is 11.9 Å². The van der Waals surface area contributed by atoms with E-state index in [1.165, 1.54) is 0 Å². The Balaban J connectivity index is 3.60. The summed E-state index contributed by atoms with van der Waals surface area (Å²) in [4.78, 5) is 22.5. The Labute approximate surface area is 110 Å². The maximum atomic E-state index is 11.3. The summed E-state index contributed by atoms with van der Waals surface area (Å²) in [6, 6.07) is 0. The van der Waals surface area contributed by atoms with Crippen LogP contribution >= 0.6 is 0 Å². The first-order valence-electron chi connectivity index (χ1n) is 6.95. The third kappa shape index (κ3) is 9.02. The van der Waals surface area contributed by atoms with Gasteiger partial charge in [-0.25, -0.2) is 9.59 Å². The lowest BCUT2D eigenvalue weighted by molar-refractivity contribution is -0.168. The van der Waals surface area contributed by atoms with Crippen LogP contribution in [0.1, 0.15) is 59.3 Å². The monoisotopic (exact) mass is 258 g/mol. The molecule has 0 aromatic rings. The summed E-state index contributed by atoms with van der Waals surface area (Å²) < 4.78 is 9.71. The molecule has 1 unspecified atom stereocenters. The molecule has 0 spiro atoms. The molecule has 0 rings (SSSR count). The molecule has 0 aromatic heterocycles. The second-order valence-corrected chi connectivity index (χ2v) is 4.69.